The van der Waals surface area contributed by atoms with E-state index < -0.39 is 6.36 Å². The molecule has 0 atom stereocenters. The zero-order chi connectivity index (χ0) is 13.2. The first-order valence-corrected chi connectivity index (χ1v) is 4.98. The summed E-state index contributed by atoms with van der Waals surface area (Å²) in [7, 11) is 0. The third-order valence-electron chi connectivity index (χ3n) is 2.08. The molecule has 104 valence electrons. The minimum atomic E-state index is -4.72. The van der Waals surface area contributed by atoms with E-state index in [-0.39, 0.29) is 30.6 Å². The third kappa shape index (κ3) is 4.15. The van der Waals surface area contributed by atoms with Gasteiger partial charge < -0.3 is 14.9 Å². The van der Waals surface area contributed by atoms with Crippen LogP contribution in [-0.2, 0) is 6.54 Å². The predicted octanol–water partition coefficient (Wildman–Crippen LogP) is 3.12. The molecule has 0 unspecified atom stereocenters. The average molecular weight is 295 g/mol. The van der Waals surface area contributed by atoms with Crippen LogP contribution in [0, 0.1) is 0 Å². The average Bonchev–Trinajstić information content (AvgIpc) is 2.75. The van der Waals surface area contributed by atoms with Crippen LogP contribution in [0.4, 0.5) is 13.2 Å². The van der Waals surface area contributed by atoms with E-state index in [1.807, 2.05) is 0 Å². The van der Waals surface area contributed by atoms with Gasteiger partial charge in [-0.3, -0.25) is 0 Å². The highest BCUT2D eigenvalue weighted by atomic mass is 35.5. The van der Waals surface area contributed by atoms with Gasteiger partial charge in [0.2, 0.25) is 5.89 Å². The van der Waals surface area contributed by atoms with Crippen molar-refractivity contribution in [3.05, 3.63) is 36.2 Å². The molecule has 0 aliphatic carbocycles. The van der Waals surface area contributed by atoms with Crippen LogP contribution in [0.5, 0.6) is 5.75 Å². The Morgan fingerprint density at radius 2 is 2.05 bits per heavy atom. The van der Waals surface area contributed by atoms with Gasteiger partial charge >= 0.3 is 6.36 Å². The first kappa shape index (κ1) is 15.3. The number of nitrogens with zero attached hydrogens (tertiary/aromatic N) is 1. The topological polar surface area (TPSA) is 61.3 Å². The molecule has 8 heteroatoms. The molecule has 0 amide bonds. The molecule has 2 aromatic rings. The molecule has 0 spiro atoms. The molecule has 1 aromatic heterocycles. The molecule has 1 aromatic carbocycles. The van der Waals surface area contributed by atoms with Gasteiger partial charge in [-0.15, -0.1) is 25.6 Å². The Hall–Kier alpha value is -1.73. The SMILES string of the molecule is Cl.NCc1coc(-c2cccc(OC(F)(F)F)c2)n1. The summed E-state index contributed by atoms with van der Waals surface area (Å²) in [6.45, 7) is 0.197. The van der Waals surface area contributed by atoms with Crippen LogP contribution in [-0.4, -0.2) is 11.3 Å². The van der Waals surface area contributed by atoms with Crippen LogP contribution in [0.25, 0.3) is 11.5 Å². The molecule has 0 bridgehead atoms. The largest absolute Gasteiger partial charge is 0.573 e. The number of ether oxygens (including phenoxy) is 1. The van der Waals surface area contributed by atoms with Gasteiger partial charge in [-0.05, 0) is 18.2 Å². The van der Waals surface area contributed by atoms with Crippen LogP contribution >= 0.6 is 12.4 Å². The number of alkyl halides is 3. The lowest BCUT2D eigenvalue weighted by Crippen LogP contribution is -2.17. The summed E-state index contributed by atoms with van der Waals surface area (Å²) in [5, 5.41) is 0. The molecule has 1 heterocycles. The van der Waals surface area contributed by atoms with Crippen molar-refractivity contribution in [3.63, 3.8) is 0 Å². The van der Waals surface area contributed by atoms with E-state index in [0.29, 0.717) is 11.3 Å². The van der Waals surface area contributed by atoms with Crippen LogP contribution in [0.1, 0.15) is 5.69 Å². The summed E-state index contributed by atoms with van der Waals surface area (Å²) in [5.41, 5.74) is 6.26. The van der Waals surface area contributed by atoms with Crippen molar-refractivity contribution in [3.8, 4) is 17.2 Å². The molecule has 19 heavy (non-hydrogen) atoms. The van der Waals surface area contributed by atoms with Crippen molar-refractivity contribution in [1.29, 1.82) is 0 Å². The summed E-state index contributed by atoms with van der Waals surface area (Å²) in [4.78, 5) is 4.01. The van der Waals surface area contributed by atoms with Gasteiger partial charge in [-0.25, -0.2) is 4.98 Å². The van der Waals surface area contributed by atoms with E-state index in [1.54, 1.807) is 6.07 Å². The Morgan fingerprint density at radius 3 is 2.63 bits per heavy atom. The number of hydrogen-bond acceptors (Lipinski definition) is 4. The normalized spacial score (nSPS) is 10.9. The highest BCUT2D eigenvalue weighted by molar-refractivity contribution is 5.85. The van der Waals surface area contributed by atoms with Crippen molar-refractivity contribution in [2.24, 2.45) is 5.73 Å². The van der Waals surface area contributed by atoms with E-state index in [4.69, 9.17) is 10.2 Å². The Bertz CT molecular complexity index is 543. The second-order valence-corrected chi connectivity index (χ2v) is 3.42. The Kier molecular flexibility index (Phi) is 4.79. The molecule has 0 radical (unpaired) electrons. The van der Waals surface area contributed by atoms with Crippen LogP contribution in [0.2, 0.25) is 0 Å². The van der Waals surface area contributed by atoms with E-state index in [2.05, 4.69) is 9.72 Å². The molecule has 0 aliphatic rings. The third-order valence-corrected chi connectivity index (χ3v) is 2.08. The van der Waals surface area contributed by atoms with Crippen LogP contribution in [0.15, 0.2) is 34.9 Å². The number of aromatic nitrogens is 1. The maximum Gasteiger partial charge on any atom is 0.573 e. The van der Waals surface area contributed by atoms with Crippen molar-refractivity contribution in [2.45, 2.75) is 12.9 Å². The number of nitrogens with two attached hydrogens (primary N) is 1. The minimum absolute atomic E-state index is 0. The smallest absolute Gasteiger partial charge is 0.444 e. The monoisotopic (exact) mass is 294 g/mol. The number of oxazole rings is 1. The lowest BCUT2D eigenvalue weighted by atomic mass is 10.2. The lowest BCUT2D eigenvalue weighted by Gasteiger charge is -2.08. The first-order valence-electron chi connectivity index (χ1n) is 4.98. The fourth-order valence-electron chi connectivity index (χ4n) is 1.36. The number of rotatable bonds is 3. The van der Waals surface area contributed by atoms with Gasteiger partial charge in [0, 0.05) is 12.1 Å². The predicted molar refractivity (Wildman–Crippen MR) is 63.8 cm³/mol. The first-order chi connectivity index (χ1) is 8.48. The fourth-order valence-corrected chi connectivity index (χ4v) is 1.36. The zero-order valence-corrected chi connectivity index (χ0v) is 10.3. The van der Waals surface area contributed by atoms with E-state index in [9.17, 15) is 13.2 Å². The Morgan fingerprint density at radius 1 is 1.32 bits per heavy atom. The highest BCUT2D eigenvalue weighted by Crippen LogP contribution is 2.27. The molecule has 2 rings (SSSR count). The molecule has 2 N–H and O–H groups in total. The fraction of sp³-hybridized carbons (Fsp3) is 0.182. The number of halogens is 4. The minimum Gasteiger partial charge on any atom is -0.444 e. The van der Waals surface area contributed by atoms with Gasteiger partial charge in [0.1, 0.15) is 12.0 Å². The van der Waals surface area contributed by atoms with Gasteiger partial charge in [-0.1, -0.05) is 6.07 Å². The number of benzene rings is 1. The van der Waals surface area contributed by atoms with E-state index in [1.165, 1.54) is 24.5 Å². The van der Waals surface area contributed by atoms with Crippen molar-refractivity contribution >= 4 is 12.4 Å². The van der Waals surface area contributed by atoms with Gasteiger partial charge in [0.05, 0.1) is 5.69 Å². The molecule has 0 saturated carbocycles. The molecular formula is C11H10ClF3N2O2. The van der Waals surface area contributed by atoms with Crippen molar-refractivity contribution in [1.82, 2.24) is 4.98 Å². The molecule has 0 aliphatic heterocycles. The lowest BCUT2D eigenvalue weighted by molar-refractivity contribution is -0.274. The Labute approximate surface area is 112 Å². The molecule has 0 fully saturated rings. The van der Waals surface area contributed by atoms with Crippen LogP contribution < -0.4 is 10.5 Å². The van der Waals surface area contributed by atoms with E-state index in [0.717, 1.165) is 0 Å². The summed E-state index contributed by atoms with van der Waals surface area (Å²) in [5.74, 6) is -0.129. The van der Waals surface area contributed by atoms with Gasteiger partial charge in [0.25, 0.3) is 0 Å². The van der Waals surface area contributed by atoms with Crippen molar-refractivity contribution in [2.75, 3.05) is 0 Å². The quantitative estimate of drug-likeness (QED) is 0.945. The van der Waals surface area contributed by atoms with Crippen LogP contribution in [0.3, 0.4) is 0 Å². The second kappa shape index (κ2) is 5.94. The zero-order valence-electron chi connectivity index (χ0n) is 9.48. The van der Waals surface area contributed by atoms with Crippen molar-refractivity contribution < 1.29 is 22.3 Å². The van der Waals surface area contributed by atoms with Gasteiger partial charge in [-0.2, -0.15) is 0 Å². The summed E-state index contributed by atoms with van der Waals surface area (Å²) in [6, 6.07) is 5.38. The maximum absolute atomic E-state index is 12.1. The number of hydrogen-bond donors (Lipinski definition) is 1. The molecule has 0 saturated heterocycles. The Balaban J connectivity index is 0.00000180. The second-order valence-electron chi connectivity index (χ2n) is 3.42. The summed E-state index contributed by atoms with van der Waals surface area (Å²) < 4.78 is 45.1. The summed E-state index contributed by atoms with van der Waals surface area (Å²) >= 11 is 0. The molecule has 4 nitrogen and oxygen atoms in total. The standard InChI is InChI=1S/C11H9F3N2O2.ClH/c12-11(13,14)18-9-3-1-2-7(4-9)10-16-8(5-15)6-17-10;/h1-4,6H,5,15H2;1H. The maximum atomic E-state index is 12.1. The van der Waals surface area contributed by atoms with Gasteiger partial charge in [0.15, 0.2) is 0 Å². The van der Waals surface area contributed by atoms with E-state index >= 15 is 0 Å². The highest BCUT2D eigenvalue weighted by Gasteiger charge is 2.31. The molecular weight excluding hydrogens is 285 g/mol. The summed E-state index contributed by atoms with van der Waals surface area (Å²) in [6.07, 6.45) is -3.37.